The van der Waals surface area contributed by atoms with Crippen LogP contribution in [0.3, 0.4) is 0 Å². The summed E-state index contributed by atoms with van der Waals surface area (Å²) >= 11 is 0. The Bertz CT molecular complexity index is 720. The van der Waals surface area contributed by atoms with E-state index in [-0.39, 0.29) is 11.2 Å². The first-order valence-electron chi connectivity index (χ1n) is 6.90. The van der Waals surface area contributed by atoms with Crippen LogP contribution in [0, 0.1) is 5.82 Å². The smallest absolute Gasteiger partial charge is 0.189 e. The zero-order valence-electron chi connectivity index (χ0n) is 11.4. The minimum Gasteiger partial charge on any atom is -0.355 e. The summed E-state index contributed by atoms with van der Waals surface area (Å²) in [4.78, 5) is 17.4. The summed E-state index contributed by atoms with van der Waals surface area (Å²) in [5.41, 5.74) is 0.929. The lowest BCUT2D eigenvalue weighted by molar-refractivity contribution is 0.255. The van der Waals surface area contributed by atoms with Crippen LogP contribution in [0.1, 0.15) is 19.0 Å². The van der Waals surface area contributed by atoms with E-state index >= 15 is 0 Å². The van der Waals surface area contributed by atoms with Gasteiger partial charge in [0.25, 0.3) is 0 Å². The molecule has 0 saturated heterocycles. The van der Waals surface area contributed by atoms with Crippen LogP contribution in [0.2, 0.25) is 0 Å². The van der Waals surface area contributed by atoms with E-state index in [0.717, 1.165) is 18.7 Å². The topological polar surface area (TPSA) is 36.1 Å². The van der Waals surface area contributed by atoms with Crippen LogP contribution in [-0.4, -0.2) is 22.5 Å². The van der Waals surface area contributed by atoms with E-state index < -0.39 is 0 Å². The number of pyridine rings is 1. The van der Waals surface area contributed by atoms with Gasteiger partial charge in [0, 0.05) is 36.3 Å². The fourth-order valence-electron chi connectivity index (χ4n) is 2.78. The highest BCUT2D eigenvalue weighted by Crippen LogP contribution is 2.17. The number of hydrogen-bond acceptors (Lipinski definition) is 2. The summed E-state index contributed by atoms with van der Waals surface area (Å²) in [6.07, 6.45) is 5.34. The maximum absolute atomic E-state index is 13.8. The third-order valence-corrected chi connectivity index (χ3v) is 3.83. The van der Waals surface area contributed by atoms with E-state index in [9.17, 15) is 9.18 Å². The molecule has 2 heterocycles. The third kappa shape index (κ3) is 2.27. The SMILES string of the molecule is CC[C@@H]1C=CCN1Cc1cc(=O)c2cccc(F)c2[nH]1. The van der Waals surface area contributed by atoms with Crippen LogP contribution in [0.25, 0.3) is 10.9 Å². The van der Waals surface area contributed by atoms with Crippen molar-refractivity contribution in [1.82, 2.24) is 9.88 Å². The highest BCUT2D eigenvalue weighted by molar-refractivity contribution is 5.78. The van der Waals surface area contributed by atoms with Crippen LogP contribution in [0.5, 0.6) is 0 Å². The van der Waals surface area contributed by atoms with E-state index in [4.69, 9.17) is 0 Å². The van der Waals surface area contributed by atoms with Gasteiger partial charge in [0.05, 0.1) is 5.52 Å². The number of hydrogen-bond donors (Lipinski definition) is 1. The van der Waals surface area contributed by atoms with Gasteiger partial charge in [-0.1, -0.05) is 25.1 Å². The van der Waals surface area contributed by atoms with Crippen LogP contribution in [-0.2, 0) is 6.54 Å². The Morgan fingerprint density at radius 3 is 3.10 bits per heavy atom. The minimum absolute atomic E-state index is 0.131. The average molecular weight is 272 g/mol. The summed E-state index contributed by atoms with van der Waals surface area (Å²) in [6.45, 7) is 3.64. The first-order chi connectivity index (χ1) is 9.69. The molecule has 0 aliphatic carbocycles. The second-order valence-electron chi connectivity index (χ2n) is 5.15. The Hall–Kier alpha value is -1.94. The fourth-order valence-corrected chi connectivity index (χ4v) is 2.78. The molecule has 0 amide bonds. The second kappa shape index (κ2) is 5.21. The van der Waals surface area contributed by atoms with Gasteiger partial charge in [-0.05, 0) is 18.6 Å². The van der Waals surface area contributed by atoms with Gasteiger partial charge in [-0.25, -0.2) is 4.39 Å². The Morgan fingerprint density at radius 1 is 1.45 bits per heavy atom. The Labute approximate surface area is 116 Å². The lowest BCUT2D eigenvalue weighted by Crippen LogP contribution is -2.29. The van der Waals surface area contributed by atoms with Crippen molar-refractivity contribution < 1.29 is 4.39 Å². The molecule has 1 N–H and O–H groups in total. The van der Waals surface area contributed by atoms with E-state index in [1.54, 1.807) is 18.2 Å². The van der Waals surface area contributed by atoms with Gasteiger partial charge in [0.1, 0.15) is 5.82 Å². The number of nitrogens with one attached hydrogen (secondary N) is 1. The van der Waals surface area contributed by atoms with Crippen LogP contribution < -0.4 is 5.43 Å². The Kier molecular flexibility index (Phi) is 3.40. The fraction of sp³-hybridized carbons (Fsp3) is 0.312. The highest BCUT2D eigenvalue weighted by atomic mass is 19.1. The summed E-state index contributed by atoms with van der Waals surface area (Å²) in [6, 6.07) is 6.55. The Balaban J connectivity index is 1.97. The normalized spacial score (nSPS) is 19.0. The third-order valence-electron chi connectivity index (χ3n) is 3.83. The van der Waals surface area contributed by atoms with Crippen molar-refractivity contribution in [1.29, 1.82) is 0 Å². The monoisotopic (exact) mass is 272 g/mol. The number of aromatic nitrogens is 1. The molecule has 0 unspecified atom stereocenters. The molecule has 3 rings (SSSR count). The molecule has 0 fully saturated rings. The van der Waals surface area contributed by atoms with Crippen molar-refractivity contribution in [3.05, 3.63) is 58.2 Å². The molecule has 1 aromatic heterocycles. The van der Waals surface area contributed by atoms with Gasteiger partial charge in [-0.15, -0.1) is 0 Å². The molecule has 1 aliphatic heterocycles. The number of aromatic amines is 1. The van der Waals surface area contributed by atoms with Crippen molar-refractivity contribution in [3.8, 4) is 0 Å². The molecule has 0 radical (unpaired) electrons. The molecule has 2 aromatic rings. The lowest BCUT2D eigenvalue weighted by Gasteiger charge is -2.23. The number of H-pyrrole nitrogens is 1. The average Bonchev–Trinajstić information content (AvgIpc) is 2.87. The molecular weight excluding hydrogens is 255 g/mol. The quantitative estimate of drug-likeness (QED) is 0.872. The van der Waals surface area contributed by atoms with Crippen molar-refractivity contribution in [2.45, 2.75) is 25.9 Å². The van der Waals surface area contributed by atoms with Crippen LogP contribution >= 0.6 is 0 Å². The van der Waals surface area contributed by atoms with Gasteiger partial charge >= 0.3 is 0 Å². The molecule has 0 saturated carbocycles. The molecule has 1 aliphatic rings. The Morgan fingerprint density at radius 2 is 2.30 bits per heavy atom. The molecule has 1 aromatic carbocycles. The zero-order chi connectivity index (χ0) is 14.1. The zero-order valence-corrected chi connectivity index (χ0v) is 11.4. The predicted octanol–water partition coefficient (Wildman–Crippen LogP) is 2.82. The predicted molar refractivity (Wildman–Crippen MR) is 78.2 cm³/mol. The molecule has 20 heavy (non-hydrogen) atoms. The number of nitrogens with zero attached hydrogens (tertiary/aromatic N) is 1. The van der Waals surface area contributed by atoms with Crippen LogP contribution in [0.4, 0.5) is 4.39 Å². The largest absolute Gasteiger partial charge is 0.355 e. The van der Waals surface area contributed by atoms with Gasteiger partial charge < -0.3 is 4.98 Å². The van der Waals surface area contributed by atoms with Gasteiger partial charge in [-0.2, -0.15) is 0 Å². The first kappa shape index (κ1) is 13.1. The van der Waals surface area contributed by atoms with Crippen molar-refractivity contribution in [2.24, 2.45) is 0 Å². The molecule has 0 bridgehead atoms. The van der Waals surface area contributed by atoms with E-state index in [1.807, 2.05) is 0 Å². The van der Waals surface area contributed by atoms with E-state index in [2.05, 4.69) is 29.0 Å². The van der Waals surface area contributed by atoms with Gasteiger partial charge in [0.15, 0.2) is 5.43 Å². The molecule has 3 nitrogen and oxygen atoms in total. The summed E-state index contributed by atoms with van der Waals surface area (Å²) < 4.78 is 13.8. The standard InChI is InChI=1S/C16H17FN2O/c1-2-12-5-4-8-19(12)10-11-9-15(20)13-6-3-7-14(17)16(13)18-11/h3-7,9,12H,2,8,10H2,1H3,(H,18,20)/t12-/m1/s1. The van der Waals surface area contributed by atoms with Gasteiger partial charge in [0.2, 0.25) is 0 Å². The molecule has 104 valence electrons. The first-order valence-corrected chi connectivity index (χ1v) is 6.90. The van der Waals surface area contributed by atoms with Crippen molar-refractivity contribution in [2.75, 3.05) is 6.54 Å². The number of fused-ring (bicyclic) bond motifs is 1. The summed E-state index contributed by atoms with van der Waals surface area (Å²) in [5.74, 6) is -0.381. The van der Waals surface area contributed by atoms with Crippen LogP contribution in [0.15, 0.2) is 41.2 Å². The molecular formula is C16H17FN2O. The number of benzene rings is 1. The number of halogens is 1. The highest BCUT2D eigenvalue weighted by Gasteiger charge is 2.18. The van der Waals surface area contributed by atoms with E-state index in [1.165, 1.54) is 6.07 Å². The lowest BCUT2D eigenvalue weighted by atomic mass is 10.1. The summed E-state index contributed by atoms with van der Waals surface area (Å²) in [5, 5.41) is 0.403. The van der Waals surface area contributed by atoms with Crippen molar-refractivity contribution >= 4 is 10.9 Å². The second-order valence-corrected chi connectivity index (χ2v) is 5.15. The number of para-hydroxylation sites is 1. The maximum Gasteiger partial charge on any atom is 0.189 e. The van der Waals surface area contributed by atoms with Gasteiger partial charge in [-0.3, -0.25) is 9.69 Å². The van der Waals surface area contributed by atoms with Crippen molar-refractivity contribution in [3.63, 3.8) is 0 Å². The summed E-state index contributed by atoms with van der Waals surface area (Å²) in [7, 11) is 0. The maximum atomic E-state index is 13.8. The molecule has 1 atom stereocenters. The molecule has 4 heteroatoms. The molecule has 0 spiro atoms. The van der Waals surface area contributed by atoms with E-state index in [0.29, 0.717) is 23.5 Å². The minimum atomic E-state index is -0.381. The number of rotatable bonds is 3.